The van der Waals surface area contributed by atoms with Crippen molar-refractivity contribution in [3.8, 4) is 22.8 Å². The predicted octanol–water partition coefficient (Wildman–Crippen LogP) is 2.88. The smallest absolute Gasteiger partial charge is 0.324 e. The number of esters is 1. The highest BCUT2D eigenvalue weighted by Crippen LogP contribution is 2.22. The summed E-state index contributed by atoms with van der Waals surface area (Å²) in [6.07, 6.45) is 1.88. The SMILES string of the molecule is COC(=O)[C@@H](Cc1c[nH]c2ccccc12)NS(=O)(=O)c1ccc(-c2nnn(-c3ccc(OC)cc3)n2)cc1. The van der Waals surface area contributed by atoms with Crippen LogP contribution in [0, 0.1) is 0 Å². The fourth-order valence-electron chi connectivity index (χ4n) is 4.03. The summed E-state index contributed by atoms with van der Waals surface area (Å²) in [6, 6.07) is 19.6. The number of ether oxygens (including phenoxy) is 2. The summed E-state index contributed by atoms with van der Waals surface area (Å²) in [7, 11) is -1.24. The van der Waals surface area contributed by atoms with Gasteiger partial charge in [0.15, 0.2) is 0 Å². The number of para-hydroxylation sites is 1. The highest BCUT2D eigenvalue weighted by molar-refractivity contribution is 7.89. The Labute approximate surface area is 218 Å². The zero-order valence-corrected chi connectivity index (χ0v) is 21.3. The molecule has 0 aliphatic rings. The third kappa shape index (κ3) is 5.12. The van der Waals surface area contributed by atoms with Crippen LogP contribution in [-0.4, -0.2) is 59.8 Å². The lowest BCUT2D eigenvalue weighted by Crippen LogP contribution is -2.42. The average Bonchev–Trinajstić information content (AvgIpc) is 3.60. The summed E-state index contributed by atoms with van der Waals surface area (Å²) in [5.74, 6) is 0.342. The number of aromatic nitrogens is 5. The van der Waals surface area contributed by atoms with Crippen LogP contribution >= 0.6 is 0 Å². The van der Waals surface area contributed by atoms with E-state index in [9.17, 15) is 13.2 Å². The number of sulfonamides is 1. The fourth-order valence-corrected chi connectivity index (χ4v) is 5.21. The zero-order valence-electron chi connectivity index (χ0n) is 20.5. The number of carbonyl (C=O) groups excluding carboxylic acids is 1. The number of aromatic amines is 1. The number of hydrogen-bond acceptors (Lipinski definition) is 8. The normalized spacial score (nSPS) is 12.4. The third-order valence-electron chi connectivity index (χ3n) is 6.02. The Morgan fingerprint density at radius 2 is 1.76 bits per heavy atom. The summed E-state index contributed by atoms with van der Waals surface area (Å²) in [4.78, 5) is 17.0. The third-order valence-corrected chi connectivity index (χ3v) is 7.51. The van der Waals surface area contributed by atoms with E-state index >= 15 is 0 Å². The Morgan fingerprint density at radius 1 is 1.03 bits per heavy atom. The zero-order chi connectivity index (χ0) is 26.7. The number of rotatable bonds is 9. The topological polar surface area (TPSA) is 141 Å². The van der Waals surface area contributed by atoms with E-state index < -0.39 is 22.0 Å². The largest absolute Gasteiger partial charge is 0.497 e. The van der Waals surface area contributed by atoms with Gasteiger partial charge in [-0.25, -0.2) is 8.42 Å². The van der Waals surface area contributed by atoms with E-state index in [2.05, 4.69) is 25.1 Å². The number of nitrogens with zero attached hydrogens (tertiary/aromatic N) is 4. The minimum absolute atomic E-state index is 0.0170. The Kier molecular flexibility index (Phi) is 6.90. The van der Waals surface area contributed by atoms with Crippen LogP contribution in [0.5, 0.6) is 5.75 Å². The van der Waals surface area contributed by atoms with E-state index in [0.717, 1.165) is 16.5 Å². The van der Waals surface area contributed by atoms with Gasteiger partial charge in [0.05, 0.1) is 24.8 Å². The first-order chi connectivity index (χ1) is 18.4. The highest BCUT2D eigenvalue weighted by atomic mass is 32.2. The minimum atomic E-state index is -4.05. The molecule has 0 bridgehead atoms. The molecule has 0 spiro atoms. The molecule has 0 unspecified atom stereocenters. The van der Waals surface area contributed by atoms with Gasteiger partial charge >= 0.3 is 5.97 Å². The van der Waals surface area contributed by atoms with E-state index in [0.29, 0.717) is 22.8 Å². The van der Waals surface area contributed by atoms with Crippen molar-refractivity contribution in [2.75, 3.05) is 14.2 Å². The molecule has 0 fully saturated rings. The van der Waals surface area contributed by atoms with Gasteiger partial charge in [0.1, 0.15) is 11.8 Å². The van der Waals surface area contributed by atoms with Crippen LogP contribution in [-0.2, 0) is 26.0 Å². The molecule has 0 saturated heterocycles. The van der Waals surface area contributed by atoms with Gasteiger partial charge in [0.2, 0.25) is 15.8 Å². The molecule has 1 atom stereocenters. The first-order valence-electron chi connectivity index (χ1n) is 11.6. The van der Waals surface area contributed by atoms with E-state index in [1.165, 1.54) is 24.0 Å². The maximum absolute atomic E-state index is 13.2. The number of hydrogen-bond donors (Lipinski definition) is 2. The minimum Gasteiger partial charge on any atom is -0.497 e. The van der Waals surface area contributed by atoms with Gasteiger partial charge < -0.3 is 14.5 Å². The molecule has 0 aliphatic carbocycles. The highest BCUT2D eigenvalue weighted by Gasteiger charge is 2.28. The van der Waals surface area contributed by atoms with E-state index in [1.54, 1.807) is 49.7 Å². The molecular formula is C26H24N6O5S. The monoisotopic (exact) mass is 532 g/mol. The van der Waals surface area contributed by atoms with Crippen molar-refractivity contribution in [2.45, 2.75) is 17.4 Å². The lowest BCUT2D eigenvalue weighted by molar-refractivity contribution is -0.142. The van der Waals surface area contributed by atoms with Crippen LogP contribution in [0.25, 0.3) is 28.0 Å². The van der Waals surface area contributed by atoms with Gasteiger partial charge in [-0.3, -0.25) is 4.79 Å². The Balaban J connectivity index is 1.34. The van der Waals surface area contributed by atoms with Crippen molar-refractivity contribution in [3.05, 3.63) is 84.6 Å². The molecule has 2 heterocycles. The van der Waals surface area contributed by atoms with Crippen LogP contribution in [0.4, 0.5) is 0 Å². The fraction of sp³-hybridized carbons (Fsp3) is 0.154. The number of H-pyrrole nitrogens is 1. The van der Waals surface area contributed by atoms with Crippen LogP contribution in [0.15, 0.2) is 83.9 Å². The molecule has 5 aromatic rings. The maximum atomic E-state index is 13.2. The quantitative estimate of drug-likeness (QED) is 0.276. The molecule has 38 heavy (non-hydrogen) atoms. The van der Waals surface area contributed by atoms with Crippen molar-refractivity contribution in [1.29, 1.82) is 0 Å². The summed E-state index contributed by atoms with van der Waals surface area (Å²) in [5, 5.41) is 13.4. The number of nitrogens with one attached hydrogen (secondary N) is 2. The standard InChI is InChI=1S/C26H24N6O5S/c1-36-20-11-9-19(10-12-20)32-29-25(28-31-32)17-7-13-21(14-8-17)38(34,35)30-24(26(33)37-2)15-18-16-27-23-6-4-3-5-22(18)23/h3-14,16,24,27,30H,15H2,1-2H3/t24-/m1/s1. The molecule has 2 aromatic heterocycles. The number of tetrazole rings is 1. The molecule has 0 amide bonds. The van der Waals surface area contributed by atoms with E-state index in [-0.39, 0.29) is 11.3 Å². The Morgan fingerprint density at radius 3 is 2.47 bits per heavy atom. The molecule has 2 N–H and O–H groups in total. The van der Waals surface area contributed by atoms with Crippen molar-refractivity contribution in [2.24, 2.45) is 0 Å². The molecular weight excluding hydrogens is 508 g/mol. The molecule has 0 radical (unpaired) electrons. The number of fused-ring (bicyclic) bond motifs is 1. The molecule has 0 aliphatic heterocycles. The Hall–Kier alpha value is -4.55. The van der Waals surface area contributed by atoms with Crippen LogP contribution in [0.1, 0.15) is 5.56 Å². The van der Waals surface area contributed by atoms with Gasteiger partial charge in [0.25, 0.3) is 0 Å². The van der Waals surface area contributed by atoms with E-state index in [1.807, 2.05) is 24.3 Å². The molecule has 194 valence electrons. The van der Waals surface area contributed by atoms with E-state index in [4.69, 9.17) is 9.47 Å². The number of benzene rings is 3. The Bertz CT molecular complexity index is 1680. The summed E-state index contributed by atoms with van der Waals surface area (Å²) in [5.41, 5.74) is 2.95. The van der Waals surface area contributed by atoms with Gasteiger partial charge in [-0.05, 0) is 65.4 Å². The lowest BCUT2D eigenvalue weighted by atomic mass is 10.1. The van der Waals surface area contributed by atoms with Crippen LogP contribution in [0.2, 0.25) is 0 Å². The second-order valence-electron chi connectivity index (χ2n) is 8.39. The number of methoxy groups -OCH3 is 2. The van der Waals surface area contributed by atoms with Gasteiger partial charge in [-0.2, -0.15) is 4.72 Å². The van der Waals surface area contributed by atoms with Crippen LogP contribution < -0.4 is 9.46 Å². The second-order valence-corrected chi connectivity index (χ2v) is 10.1. The van der Waals surface area contributed by atoms with Crippen molar-refractivity contribution in [3.63, 3.8) is 0 Å². The predicted molar refractivity (Wildman–Crippen MR) is 139 cm³/mol. The molecule has 12 heteroatoms. The first-order valence-corrected chi connectivity index (χ1v) is 13.1. The van der Waals surface area contributed by atoms with Crippen molar-refractivity contribution < 1.29 is 22.7 Å². The molecule has 0 saturated carbocycles. The second kappa shape index (κ2) is 10.4. The molecule has 5 rings (SSSR count). The molecule has 3 aromatic carbocycles. The van der Waals surface area contributed by atoms with Crippen molar-refractivity contribution in [1.82, 2.24) is 29.9 Å². The summed E-state index contributed by atoms with van der Waals surface area (Å²) < 4.78 is 38.8. The average molecular weight is 533 g/mol. The first kappa shape index (κ1) is 25.1. The van der Waals surface area contributed by atoms with Gasteiger partial charge in [-0.1, -0.05) is 18.2 Å². The van der Waals surface area contributed by atoms with Crippen molar-refractivity contribution >= 4 is 26.9 Å². The number of carbonyl (C=O) groups is 1. The lowest BCUT2D eigenvalue weighted by Gasteiger charge is -2.16. The molecule has 11 nitrogen and oxygen atoms in total. The van der Waals surface area contributed by atoms with Gasteiger partial charge in [-0.15, -0.1) is 15.0 Å². The van der Waals surface area contributed by atoms with Crippen LogP contribution in [0.3, 0.4) is 0 Å². The van der Waals surface area contributed by atoms with Gasteiger partial charge in [0, 0.05) is 29.1 Å². The maximum Gasteiger partial charge on any atom is 0.324 e. The summed E-state index contributed by atoms with van der Waals surface area (Å²) in [6.45, 7) is 0. The summed E-state index contributed by atoms with van der Waals surface area (Å²) >= 11 is 0.